The molecule has 1 amide bonds. The van der Waals surface area contributed by atoms with Crippen LogP contribution in [0.1, 0.15) is 123 Å². The fourth-order valence-electron chi connectivity index (χ4n) is 5.75. The molecule has 0 aliphatic carbocycles. The lowest BCUT2D eigenvalue weighted by Crippen LogP contribution is -2.60. The average Bonchev–Trinajstić information content (AvgIpc) is 3.22. The molecule has 1 rings (SSSR count). The minimum Gasteiger partial charge on any atom is -0.394 e. The Morgan fingerprint density at radius 3 is 1.55 bits per heavy atom. The number of aliphatic hydroxyl groups excluding tert-OH is 5. The van der Waals surface area contributed by atoms with Gasteiger partial charge in [0.15, 0.2) is 6.29 Å². The van der Waals surface area contributed by atoms with E-state index in [0.717, 1.165) is 77.0 Å². The Bertz CT molecular complexity index is 1310. The van der Waals surface area contributed by atoms with Crippen LogP contribution in [0.4, 0.5) is 0 Å². The Labute approximate surface area is 350 Å². The highest BCUT2D eigenvalue weighted by molar-refractivity contribution is 5.76. The highest BCUT2D eigenvalue weighted by atomic mass is 16.7. The summed E-state index contributed by atoms with van der Waals surface area (Å²) in [6, 6.07) is -0.866. The van der Waals surface area contributed by atoms with E-state index >= 15 is 0 Å². The number of ether oxygens (including phenoxy) is 2. The molecule has 0 aromatic rings. The maximum Gasteiger partial charge on any atom is 0.220 e. The number of hydrogen-bond acceptors (Lipinski definition) is 8. The van der Waals surface area contributed by atoms with Gasteiger partial charge in [-0.15, -0.1) is 0 Å². The van der Waals surface area contributed by atoms with E-state index in [1.807, 2.05) is 6.08 Å². The molecule has 1 aliphatic heterocycles. The maximum absolute atomic E-state index is 12.9. The van der Waals surface area contributed by atoms with Gasteiger partial charge in [0.05, 0.1) is 25.4 Å². The van der Waals surface area contributed by atoms with E-state index in [4.69, 9.17) is 9.47 Å². The number of aliphatic hydroxyl groups is 5. The molecule has 0 saturated carbocycles. The number of rotatable bonds is 33. The number of carbonyl (C=O) groups excluding carboxylic acids is 1. The van der Waals surface area contributed by atoms with Gasteiger partial charge in [0.1, 0.15) is 24.4 Å². The molecule has 58 heavy (non-hydrogen) atoms. The van der Waals surface area contributed by atoms with Crippen LogP contribution in [0, 0.1) is 0 Å². The molecule has 7 unspecified atom stereocenters. The largest absolute Gasteiger partial charge is 0.394 e. The van der Waals surface area contributed by atoms with Crippen LogP contribution in [0.25, 0.3) is 0 Å². The van der Waals surface area contributed by atoms with E-state index in [0.29, 0.717) is 12.8 Å². The molecule has 0 aromatic heterocycles. The monoisotopic (exact) mass is 808 g/mol. The van der Waals surface area contributed by atoms with Crippen LogP contribution in [0.3, 0.4) is 0 Å². The second-order valence-corrected chi connectivity index (χ2v) is 14.4. The summed E-state index contributed by atoms with van der Waals surface area (Å²) in [4.78, 5) is 12.9. The molecule has 6 N–H and O–H groups in total. The highest BCUT2D eigenvalue weighted by Crippen LogP contribution is 2.22. The van der Waals surface area contributed by atoms with Crippen molar-refractivity contribution in [1.82, 2.24) is 5.32 Å². The molecule has 9 nitrogen and oxygen atoms in total. The Morgan fingerprint density at radius 1 is 0.603 bits per heavy atom. The summed E-state index contributed by atoms with van der Waals surface area (Å²) in [5, 5.41) is 54.0. The molecule has 0 spiro atoms. The predicted octanol–water partition coefficient (Wildman–Crippen LogP) is 8.88. The van der Waals surface area contributed by atoms with Crippen LogP contribution in [-0.4, -0.2) is 87.5 Å². The fourth-order valence-corrected chi connectivity index (χ4v) is 5.75. The molecule has 1 fully saturated rings. The van der Waals surface area contributed by atoms with Crippen molar-refractivity contribution >= 4 is 5.91 Å². The van der Waals surface area contributed by atoms with Gasteiger partial charge in [0, 0.05) is 6.42 Å². The van der Waals surface area contributed by atoms with Gasteiger partial charge < -0.3 is 40.3 Å². The Hall–Kier alpha value is -3.41. The number of amides is 1. The van der Waals surface area contributed by atoms with E-state index < -0.39 is 49.5 Å². The Kier molecular flexibility index (Phi) is 34.3. The standard InChI is InChI=1S/C49H77NO8/c1-3-5-7-9-11-13-15-17-18-19-20-21-22-23-24-25-26-27-29-31-33-35-37-39-45(53)50-42(41-57-49-48(56)47(55)46(54)44(40-51)58-49)43(52)38-36-34-32-30-28-16-14-12-10-8-6-4-2/h5,7,10-13,17-18,20-21,23-24,26-28,30-31,33,36,38,42-44,46-49,51-52,54-56H,3-4,6,8-9,14-16,19,22,25,29,32,34-35,37,39-41H2,1-2H3,(H,50,53)/b7-5-,12-10+,13-11-,18-17-,21-20-,24-23-,27-26-,30-28+,33-31-,38-36+. The molecule has 0 aromatic carbocycles. The lowest BCUT2D eigenvalue weighted by atomic mass is 9.99. The quantitative estimate of drug-likeness (QED) is 0.0285. The smallest absolute Gasteiger partial charge is 0.220 e. The summed E-state index contributed by atoms with van der Waals surface area (Å²) in [5.74, 6) is -0.258. The van der Waals surface area contributed by atoms with Gasteiger partial charge in [-0.2, -0.15) is 0 Å². The van der Waals surface area contributed by atoms with Crippen molar-refractivity contribution in [3.63, 3.8) is 0 Å². The van der Waals surface area contributed by atoms with Crippen LogP contribution in [0.2, 0.25) is 0 Å². The number of hydrogen-bond donors (Lipinski definition) is 6. The zero-order valence-corrected chi connectivity index (χ0v) is 35.5. The van der Waals surface area contributed by atoms with Gasteiger partial charge in [-0.05, 0) is 89.9 Å². The average molecular weight is 808 g/mol. The zero-order chi connectivity index (χ0) is 42.3. The zero-order valence-electron chi connectivity index (χ0n) is 35.5. The molecule has 7 atom stereocenters. The minimum atomic E-state index is -1.59. The summed E-state index contributed by atoms with van der Waals surface area (Å²) in [6.07, 6.45) is 49.6. The molecular formula is C49H77NO8. The Morgan fingerprint density at radius 2 is 1.05 bits per heavy atom. The first-order valence-corrected chi connectivity index (χ1v) is 21.8. The second-order valence-electron chi connectivity index (χ2n) is 14.4. The van der Waals surface area contributed by atoms with Crippen molar-refractivity contribution in [2.75, 3.05) is 13.2 Å². The number of unbranched alkanes of at least 4 members (excludes halogenated alkanes) is 5. The predicted molar refractivity (Wildman–Crippen MR) is 239 cm³/mol. The van der Waals surface area contributed by atoms with Gasteiger partial charge in [0.25, 0.3) is 0 Å². The summed E-state index contributed by atoms with van der Waals surface area (Å²) in [5.41, 5.74) is 0. The van der Waals surface area contributed by atoms with Crippen LogP contribution >= 0.6 is 0 Å². The van der Waals surface area contributed by atoms with E-state index in [9.17, 15) is 30.3 Å². The van der Waals surface area contributed by atoms with E-state index in [1.54, 1.807) is 6.08 Å². The molecule has 1 heterocycles. The maximum atomic E-state index is 12.9. The van der Waals surface area contributed by atoms with Crippen molar-refractivity contribution in [3.8, 4) is 0 Å². The van der Waals surface area contributed by atoms with Crippen molar-refractivity contribution in [2.24, 2.45) is 0 Å². The van der Waals surface area contributed by atoms with Crippen molar-refractivity contribution in [1.29, 1.82) is 0 Å². The number of allylic oxidation sites excluding steroid dienone is 19. The summed E-state index contributed by atoms with van der Waals surface area (Å²) < 4.78 is 11.1. The van der Waals surface area contributed by atoms with Crippen LogP contribution < -0.4 is 5.32 Å². The van der Waals surface area contributed by atoms with Crippen molar-refractivity contribution in [2.45, 2.75) is 166 Å². The molecule has 0 radical (unpaired) electrons. The molecule has 9 heteroatoms. The third-order valence-corrected chi connectivity index (χ3v) is 9.25. The van der Waals surface area contributed by atoms with Gasteiger partial charge >= 0.3 is 0 Å². The fraction of sp³-hybridized carbons (Fsp3) is 0.571. The summed E-state index contributed by atoms with van der Waals surface area (Å²) in [6.45, 7) is 3.51. The van der Waals surface area contributed by atoms with E-state index in [1.165, 1.54) is 12.8 Å². The van der Waals surface area contributed by atoms with Gasteiger partial charge in [-0.1, -0.05) is 148 Å². The first kappa shape index (κ1) is 52.6. The molecule has 1 aliphatic rings. The van der Waals surface area contributed by atoms with E-state index in [2.05, 4.69) is 129 Å². The lowest BCUT2D eigenvalue weighted by Gasteiger charge is -2.40. The van der Waals surface area contributed by atoms with Gasteiger partial charge in [0.2, 0.25) is 5.91 Å². The first-order chi connectivity index (χ1) is 28.3. The highest BCUT2D eigenvalue weighted by Gasteiger charge is 2.44. The van der Waals surface area contributed by atoms with Crippen LogP contribution in [0.15, 0.2) is 122 Å². The molecule has 326 valence electrons. The normalized spacial score (nSPS) is 22.1. The van der Waals surface area contributed by atoms with Crippen molar-refractivity contribution in [3.05, 3.63) is 122 Å². The minimum absolute atomic E-state index is 0.239. The number of nitrogens with one attached hydrogen (secondary N) is 1. The first-order valence-electron chi connectivity index (χ1n) is 21.8. The van der Waals surface area contributed by atoms with Crippen molar-refractivity contribution < 1.29 is 39.8 Å². The summed E-state index contributed by atoms with van der Waals surface area (Å²) in [7, 11) is 0. The Balaban J connectivity index is 2.45. The number of carbonyl (C=O) groups is 1. The second kappa shape index (κ2) is 37.8. The van der Waals surface area contributed by atoms with Gasteiger partial charge in [-0.25, -0.2) is 0 Å². The van der Waals surface area contributed by atoms with Gasteiger partial charge in [-0.3, -0.25) is 4.79 Å². The molecule has 0 bridgehead atoms. The van der Waals surface area contributed by atoms with Crippen LogP contribution in [-0.2, 0) is 14.3 Å². The lowest BCUT2D eigenvalue weighted by molar-refractivity contribution is -0.302. The third kappa shape index (κ3) is 28.1. The SMILES string of the molecule is CC/C=C\C/C=C\C/C=C\C/C=C\C/C=C\C/C=C\C/C=C\CCCC(=O)NC(COC1OC(CO)C(O)C(O)C1O)C(O)/C=C/CC/C=C/CC/C=C/CCCC. The van der Waals surface area contributed by atoms with E-state index in [-0.39, 0.29) is 18.9 Å². The van der Waals surface area contributed by atoms with Crippen LogP contribution in [0.5, 0.6) is 0 Å². The molecular weight excluding hydrogens is 731 g/mol. The topological polar surface area (TPSA) is 149 Å². The summed E-state index contributed by atoms with van der Waals surface area (Å²) >= 11 is 0. The third-order valence-electron chi connectivity index (χ3n) is 9.25. The molecule has 1 saturated heterocycles.